The molecule has 0 saturated carbocycles. The average molecular weight is 796 g/mol. The minimum absolute atomic E-state index is 0.0731. The molecule has 0 radical (unpaired) electrons. The molecular weight excluding hydrogens is 755 g/mol. The SMILES string of the molecule is CC1C=C(c2ccc3oc4ccccc4c3c2)C=CC1N(c1ccc(-c2cccc(-c3ccc4ccccc4c3)c2)cc1)c1ccc(-c2cccc3c2oc2ccccc23)cc1. The van der Waals surface area contributed by atoms with E-state index in [-0.39, 0.29) is 12.0 Å². The van der Waals surface area contributed by atoms with Crippen molar-refractivity contribution in [3.8, 4) is 33.4 Å². The van der Waals surface area contributed by atoms with Gasteiger partial charge >= 0.3 is 0 Å². The summed E-state index contributed by atoms with van der Waals surface area (Å²) in [6, 6.07) is 71.9. The van der Waals surface area contributed by atoms with Crippen molar-refractivity contribution < 1.29 is 8.83 Å². The van der Waals surface area contributed by atoms with Crippen LogP contribution in [0.5, 0.6) is 0 Å². The summed E-state index contributed by atoms with van der Waals surface area (Å²) in [5, 5.41) is 7.06. The molecule has 1 aliphatic carbocycles. The lowest BCUT2D eigenvalue weighted by Crippen LogP contribution is -2.35. The van der Waals surface area contributed by atoms with Gasteiger partial charge in [0.25, 0.3) is 0 Å². The third-order valence-corrected chi connectivity index (χ3v) is 12.7. The normalized spacial score (nSPS) is 15.2. The standard InChI is InChI=1S/C59H41NO2/c1-38-34-45(47-27-33-58-54(37-47)52-15-5-6-18-56(52)61-58)26-32-55(38)60(49-30-24-41(25-31-49)50-16-9-17-53-51-14-4-7-19-57(51)62-59(50)53)48-28-22-40(23-29-48)43-12-8-13-44(35-43)46-21-20-39-10-2-3-11-42(39)36-46/h2-38,55H,1H3. The van der Waals surface area contributed by atoms with Crippen LogP contribution in [-0.2, 0) is 0 Å². The number of allylic oxidation sites excluding steroid dienone is 2. The Balaban J connectivity index is 0.903. The van der Waals surface area contributed by atoms with E-state index >= 15 is 0 Å². The van der Waals surface area contributed by atoms with Gasteiger partial charge < -0.3 is 13.7 Å². The Morgan fingerprint density at radius 1 is 0.403 bits per heavy atom. The average Bonchev–Trinajstić information content (AvgIpc) is 3.91. The van der Waals surface area contributed by atoms with Gasteiger partial charge in [0.2, 0.25) is 0 Å². The Bertz CT molecular complexity index is 3550. The number of benzene rings is 9. The maximum Gasteiger partial charge on any atom is 0.143 e. The van der Waals surface area contributed by atoms with Crippen molar-refractivity contribution in [1.82, 2.24) is 0 Å². The highest BCUT2D eigenvalue weighted by molar-refractivity contribution is 6.10. The molecule has 2 atom stereocenters. The van der Waals surface area contributed by atoms with Crippen molar-refractivity contribution in [3.63, 3.8) is 0 Å². The van der Waals surface area contributed by atoms with Crippen molar-refractivity contribution in [1.29, 1.82) is 0 Å². The topological polar surface area (TPSA) is 29.5 Å². The van der Waals surface area contributed by atoms with Gasteiger partial charge in [-0.3, -0.25) is 0 Å². The van der Waals surface area contributed by atoms with Gasteiger partial charge in [-0.2, -0.15) is 0 Å². The van der Waals surface area contributed by atoms with Crippen LogP contribution in [0.25, 0.3) is 93.6 Å². The summed E-state index contributed by atoms with van der Waals surface area (Å²) >= 11 is 0. The molecule has 2 unspecified atom stereocenters. The molecule has 3 nitrogen and oxygen atoms in total. The molecule has 294 valence electrons. The molecule has 12 rings (SSSR count). The van der Waals surface area contributed by atoms with Crippen LogP contribution in [0.2, 0.25) is 0 Å². The summed E-state index contributed by atoms with van der Waals surface area (Å²) < 4.78 is 12.6. The summed E-state index contributed by atoms with van der Waals surface area (Å²) in [4.78, 5) is 2.49. The number of para-hydroxylation sites is 3. The lowest BCUT2D eigenvalue weighted by molar-refractivity contribution is 0.611. The second-order valence-electron chi connectivity index (χ2n) is 16.5. The molecule has 2 aromatic heterocycles. The Morgan fingerprint density at radius 3 is 1.76 bits per heavy atom. The lowest BCUT2D eigenvalue weighted by Gasteiger charge is -2.37. The quantitative estimate of drug-likeness (QED) is 0.161. The summed E-state index contributed by atoms with van der Waals surface area (Å²) in [6.07, 6.45) is 7.09. The van der Waals surface area contributed by atoms with Gasteiger partial charge in [-0.05, 0) is 116 Å². The second kappa shape index (κ2) is 14.7. The molecular formula is C59H41NO2. The van der Waals surface area contributed by atoms with Gasteiger partial charge in [0.1, 0.15) is 22.3 Å². The Morgan fingerprint density at radius 2 is 0.984 bits per heavy atom. The van der Waals surface area contributed by atoms with Gasteiger partial charge in [-0.15, -0.1) is 0 Å². The molecule has 0 saturated heterocycles. The third-order valence-electron chi connectivity index (χ3n) is 12.7. The Labute approximate surface area is 360 Å². The molecule has 62 heavy (non-hydrogen) atoms. The van der Waals surface area contributed by atoms with Crippen LogP contribution >= 0.6 is 0 Å². The van der Waals surface area contributed by atoms with Gasteiger partial charge in [0.15, 0.2) is 0 Å². The van der Waals surface area contributed by atoms with Crippen molar-refractivity contribution in [3.05, 3.63) is 224 Å². The fourth-order valence-electron chi connectivity index (χ4n) is 9.57. The molecule has 2 heterocycles. The molecule has 9 aromatic carbocycles. The van der Waals surface area contributed by atoms with E-state index in [1.54, 1.807) is 0 Å². The molecule has 0 aliphatic heterocycles. The van der Waals surface area contributed by atoms with E-state index in [4.69, 9.17) is 8.83 Å². The third kappa shape index (κ3) is 6.21. The van der Waals surface area contributed by atoms with E-state index in [9.17, 15) is 0 Å². The van der Waals surface area contributed by atoms with E-state index in [1.165, 1.54) is 44.2 Å². The first-order chi connectivity index (χ1) is 30.6. The van der Waals surface area contributed by atoms with E-state index in [2.05, 4.69) is 206 Å². The number of rotatable bonds is 7. The Kier molecular flexibility index (Phi) is 8.53. The molecule has 11 aromatic rings. The van der Waals surface area contributed by atoms with Crippen LogP contribution in [-0.4, -0.2) is 6.04 Å². The predicted molar refractivity (Wildman–Crippen MR) is 260 cm³/mol. The number of hydrogen-bond acceptors (Lipinski definition) is 3. The predicted octanol–water partition coefficient (Wildman–Crippen LogP) is 16.4. The summed E-state index contributed by atoms with van der Waals surface area (Å²) in [6.45, 7) is 2.33. The second-order valence-corrected chi connectivity index (χ2v) is 16.5. The largest absolute Gasteiger partial charge is 0.456 e. The number of hydrogen-bond donors (Lipinski definition) is 0. The fourth-order valence-corrected chi connectivity index (χ4v) is 9.57. The van der Waals surface area contributed by atoms with E-state index < -0.39 is 0 Å². The van der Waals surface area contributed by atoms with Gasteiger partial charge in [-0.1, -0.05) is 165 Å². The van der Waals surface area contributed by atoms with Crippen molar-refractivity contribution in [2.45, 2.75) is 13.0 Å². The van der Waals surface area contributed by atoms with E-state index in [0.29, 0.717) is 0 Å². The first kappa shape index (κ1) is 36.0. The summed E-state index contributed by atoms with van der Waals surface area (Å²) in [5.41, 5.74) is 15.3. The van der Waals surface area contributed by atoms with Crippen molar-refractivity contribution >= 4 is 71.6 Å². The smallest absolute Gasteiger partial charge is 0.143 e. The summed E-state index contributed by atoms with van der Waals surface area (Å²) in [7, 11) is 0. The van der Waals surface area contributed by atoms with Crippen LogP contribution < -0.4 is 4.90 Å². The monoisotopic (exact) mass is 795 g/mol. The molecule has 0 spiro atoms. The number of anilines is 2. The summed E-state index contributed by atoms with van der Waals surface area (Å²) in [5.74, 6) is 0.203. The zero-order chi connectivity index (χ0) is 41.1. The Hall–Kier alpha value is -7.88. The van der Waals surface area contributed by atoms with Crippen molar-refractivity contribution in [2.24, 2.45) is 5.92 Å². The minimum atomic E-state index is 0.0731. The van der Waals surface area contributed by atoms with Crippen molar-refractivity contribution in [2.75, 3.05) is 4.90 Å². The molecule has 0 bridgehead atoms. The molecule has 0 N–H and O–H groups in total. The maximum absolute atomic E-state index is 6.45. The highest BCUT2D eigenvalue weighted by Crippen LogP contribution is 2.41. The highest BCUT2D eigenvalue weighted by atomic mass is 16.3. The molecule has 0 amide bonds. The molecule has 3 heteroatoms. The highest BCUT2D eigenvalue weighted by Gasteiger charge is 2.27. The zero-order valence-corrected chi connectivity index (χ0v) is 34.2. The van der Waals surface area contributed by atoms with Gasteiger partial charge in [0, 0.05) is 38.5 Å². The maximum atomic E-state index is 6.45. The first-order valence-electron chi connectivity index (χ1n) is 21.4. The fraction of sp³-hybridized carbons (Fsp3) is 0.0508. The van der Waals surface area contributed by atoms with Gasteiger partial charge in [-0.25, -0.2) is 0 Å². The zero-order valence-electron chi connectivity index (χ0n) is 34.2. The van der Waals surface area contributed by atoms with Crippen LogP contribution in [0.15, 0.2) is 227 Å². The first-order valence-corrected chi connectivity index (χ1v) is 21.4. The van der Waals surface area contributed by atoms with E-state index in [0.717, 1.165) is 66.4 Å². The van der Waals surface area contributed by atoms with Gasteiger partial charge in [0.05, 0.1) is 6.04 Å². The number of furan rings is 2. The number of fused-ring (bicyclic) bond motifs is 7. The minimum Gasteiger partial charge on any atom is -0.456 e. The van der Waals surface area contributed by atoms with Crippen LogP contribution in [0.4, 0.5) is 11.4 Å². The van der Waals surface area contributed by atoms with E-state index in [1.807, 2.05) is 24.3 Å². The molecule has 0 fully saturated rings. The lowest BCUT2D eigenvalue weighted by atomic mass is 9.88. The van der Waals surface area contributed by atoms with Crippen LogP contribution in [0.3, 0.4) is 0 Å². The van der Waals surface area contributed by atoms with Crippen LogP contribution in [0, 0.1) is 5.92 Å². The molecule has 1 aliphatic rings. The number of nitrogens with zero attached hydrogens (tertiary/aromatic N) is 1. The van der Waals surface area contributed by atoms with Crippen LogP contribution in [0.1, 0.15) is 12.5 Å².